The molecule has 1 aliphatic rings. The molecule has 0 radical (unpaired) electrons. The van der Waals surface area contributed by atoms with E-state index in [0.29, 0.717) is 19.0 Å². The first kappa shape index (κ1) is 16.0. The molecular formula is C15H23ClN2O. The van der Waals surface area contributed by atoms with Crippen molar-refractivity contribution in [1.29, 1.82) is 0 Å². The zero-order chi connectivity index (χ0) is 12.8. The second kappa shape index (κ2) is 8.18. The number of carbonyl (C=O) groups excluding carboxylic acids is 1. The minimum atomic E-state index is -0.0318. The Morgan fingerprint density at radius 3 is 2.37 bits per heavy atom. The van der Waals surface area contributed by atoms with Gasteiger partial charge in [-0.3, -0.25) is 4.79 Å². The number of carbonyl (C=O) groups is 1. The summed E-state index contributed by atoms with van der Waals surface area (Å²) in [5, 5.41) is 2.78. The summed E-state index contributed by atoms with van der Waals surface area (Å²) < 4.78 is 0. The predicted octanol–water partition coefficient (Wildman–Crippen LogP) is 2.84. The molecule has 0 atom stereocenters. The summed E-state index contributed by atoms with van der Waals surface area (Å²) in [5.41, 5.74) is 7.47. The number of nitrogens with two attached hydrogens (primary N) is 1. The van der Waals surface area contributed by atoms with Crippen LogP contribution >= 0.6 is 12.4 Å². The van der Waals surface area contributed by atoms with Crippen LogP contribution in [0.4, 0.5) is 0 Å². The van der Waals surface area contributed by atoms with E-state index >= 15 is 0 Å². The Kier molecular flexibility index (Phi) is 6.89. The highest BCUT2D eigenvalue weighted by Gasteiger charge is 2.15. The third-order valence-corrected chi connectivity index (χ3v) is 3.68. The largest absolute Gasteiger partial charge is 0.351 e. The fourth-order valence-electron chi connectivity index (χ4n) is 2.63. The number of rotatable bonds is 4. The summed E-state index contributed by atoms with van der Waals surface area (Å²) in [6.45, 7) is 1.01. The Balaban J connectivity index is 0.00000180. The zero-order valence-corrected chi connectivity index (χ0v) is 12.0. The number of amides is 1. The Bertz CT molecular complexity index is 386. The van der Waals surface area contributed by atoms with Gasteiger partial charge in [0.15, 0.2) is 0 Å². The van der Waals surface area contributed by atoms with Crippen LogP contribution in [0.3, 0.4) is 0 Å². The lowest BCUT2D eigenvalue weighted by Crippen LogP contribution is -2.28. The number of hydrogen-bond donors (Lipinski definition) is 2. The molecule has 0 bridgehead atoms. The molecule has 0 aliphatic heterocycles. The molecule has 1 aromatic carbocycles. The average molecular weight is 283 g/mol. The van der Waals surface area contributed by atoms with Gasteiger partial charge < -0.3 is 11.1 Å². The van der Waals surface area contributed by atoms with Crippen LogP contribution in [0.1, 0.15) is 53.9 Å². The molecule has 3 nitrogen and oxygen atoms in total. The summed E-state index contributed by atoms with van der Waals surface area (Å²) in [5.74, 6) is 0.663. The van der Waals surface area contributed by atoms with Crippen LogP contribution in [0, 0.1) is 0 Å². The monoisotopic (exact) mass is 282 g/mol. The van der Waals surface area contributed by atoms with Crippen molar-refractivity contribution in [2.24, 2.45) is 5.73 Å². The van der Waals surface area contributed by atoms with Gasteiger partial charge in [-0.15, -0.1) is 12.4 Å². The summed E-state index contributed by atoms with van der Waals surface area (Å²) in [4.78, 5) is 11.7. The van der Waals surface area contributed by atoms with Gasteiger partial charge in [-0.25, -0.2) is 0 Å². The smallest absolute Gasteiger partial charge is 0.251 e. The Labute approximate surface area is 121 Å². The molecule has 0 heterocycles. The lowest BCUT2D eigenvalue weighted by atomic mass is 9.84. The van der Waals surface area contributed by atoms with Crippen molar-refractivity contribution in [3.05, 3.63) is 35.4 Å². The Morgan fingerprint density at radius 2 is 1.79 bits per heavy atom. The summed E-state index contributed by atoms with van der Waals surface area (Å²) in [6.07, 6.45) is 6.63. The maximum Gasteiger partial charge on any atom is 0.251 e. The van der Waals surface area contributed by atoms with Crippen molar-refractivity contribution >= 4 is 18.3 Å². The van der Waals surface area contributed by atoms with Crippen molar-refractivity contribution < 1.29 is 4.79 Å². The lowest BCUT2D eigenvalue weighted by Gasteiger charge is -2.22. The van der Waals surface area contributed by atoms with E-state index in [2.05, 4.69) is 17.4 Å². The van der Waals surface area contributed by atoms with Crippen molar-refractivity contribution in [3.8, 4) is 0 Å². The van der Waals surface area contributed by atoms with Gasteiger partial charge in [0.1, 0.15) is 0 Å². The van der Waals surface area contributed by atoms with Gasteiger partial charge >= 0.3 is 0 Å². The lowest BCUT2D eigenvalue weighted by molar-refractivity contribution is 0.0954. The molecule has 0 aromatic heterocycles. The second-order valence-electron chi connectivity index (χ2n) is 5.00. The molecule has 3 N–H and O–H groups in total. The average Bonchev–Trinajstić information content (AvgIpc) is 2.46. The third-order valence-electron chi connectivity index (χ3n) is 3.68. The van der Waals surface area contributed by atoms with Gasteiger partial charge in [0, 0.05) is 18.7 Å². The number of halogens is 1. The molecule has 1 aromatic rings. The highest BCUT2D eigenvalue weighted by atomic mass is 35.5. The summed E-state index contributed by atoms with van der Waals surface area (Å²) in [7, 11) is 0. The highest BCUT2D eigenvalue weighted by Crippen LogP contribution is 2.32. The molecule has 0 unspecified atom stereocenters. The number of nitrogens with one attached hydrogen (secondary N) is 1. The number of benzene rings is 1. The Hall–Kier alpha value is -1.06. The first-order valence-corrected chi connectivity index (χ1v) is 6.89. The minimum absolute atomic E-state index is 0. The molecule has 2 rings (SSSR count). The van der Waals surface area contributed by atoms with Crippen molar-refractivity contribution in [3.63, 3.8) is 0 Å². The standard InChI is InChI=1S/C15H22N2O.ClH/c16-10-11-17-15(18)14-8-6-13(7-9-14)12-4-2-1-3-5-12;/h6-9,12H,1-5,10-11,16H2,(H,17,18);1H. The highest BCUT2D eigenvalue weighted by molar-refractivity contribution is 5.94. The molecule has 0 saturated heterocycles. The minimum Gasteiger partial charge on any atom is -0.351 e. The maximum atomic E-state index is 11.7. The van der Waals surface area contributed by atoms with Crippen LogP contribution in [0.25, 0.3) is 0 Å². The quantitative estimate of drug-likeness (QED) is 0.892. The van der Waals surface area contributed by atoms with Gasteiger partial charge in [0.25, 0.3) is 5.91 Å². The van der Waals surface area contributed by atoms with Crippen molar-refractivity contribution in [2.45, 2.75) is 38.0 Å². The zero-order valence-electron chi connectivity index (χ0n) is 11.2. The van der Waals surface area contributed by atoms with Gasteiger partial charge in [-0.1, -0.05) is 31.4 Å². The van der Waals surface area contributed by atoms with E-state index in [9.17, 15) is 4.79 Å². The third kappa shape index (κ3) is 4.51. The van der Waals surface area contributed by atoms with Crippen LogP contribution in [0.5, 0.6) is 0 Å². The van der Waals surface area contributed by atoms with E-state index in [4.69, 9.17) is 5.73 Å². The fraction of sp³-hybridized carbons (Fsp3) is 0.533. The first-order valence-electron chi connectivity index (χ1n) is 6.89. The molecule has 4 heteroatoms. The first-order chi connectivity index (χ1) is 8.81. The van der Waals surface area contributed by atoms with Gasteiger partial charge in [0.2, 0.25) is 0 Å². The summed E-state index contributed by atoms with van der Waals surface area (Å²) >= 11 is 0. The SMILES string of the molecule is Cl.NCCNC(=O)c1ccc(C2CCCCC2)cc1. The van der Waals surface area contributed by atoms with Crippen molar-refractivity contribution in [2.75, 3.05) is 13.1 Å². The number of hydrogen-bond acceptors (Lipinski definition) is 2. The van der Waals surface area contributed by atoms with Crippen molar-refractivity contribution in [1.82, 2.24) is 5.32 Å². The summed E-state index contributed by atoms with van der Waals surface area (Å²) in [6, 6.07) is 8.06. The van der Waals surface area contributed by atoms with E-state index in [1.807, 2.05) is 12.1 Å². The predicted molar refractivity (Wildman–Crippen MR) is 80.9 cm³/mol. The van der Waals surface area contributed by atoms with Gasteiger partial charge in [0.05, 0.1) is 0 Å². The van der Waals surface area contributed by atoms with E-state index < -0.39 is 0 Å². The van der Waals surface area contributed by atoms with Gasteiger partial charge in [-0.2, -0.15) is 0 Å². The maximum absolute atomic E-state index is 11.7. The molecule has 1 amide bonds. The Morgan fingerprint density at radius 1 is 1.16 bits per heavy atom. The molecule has 106 valence electrons. The topological polar surface area (TPSA) is 55.1 Å². The van der Waals surface area contributed by atoms with E-state index in [-0.39, 0.29) is 18.3 Å². The molecule has 1 aliphatic carbocycles. The molecule has 1 saturated carbocycles. The van der Waals surface area contributed by atoms with E-state index in [1.165, 1.54) is 37.7 Å². The normalized spacial score (nSPS) is 15.6. The second-order valence-corrected chi connectivity index (χ2v) is 5.00. The van der Waals surface area contributed by atoms with E-state index in [0.717, 1.165) is 5.56 Å². The van der Waals surface area contributed by atoms with E-state index in [1.54, 1.807) is 0 Å². The van der Waals surface area contributed by atoms with Gasteiger partial charge in [-0.05, 0) is 36.5 Å². The fourth-order valence-corrected chi connectivity index (χ4v) is 2.63. The van der Waals surface area contributed by atoms with Crippen LogP contribution in [-0.4, -0.2) is 19.0 Å². The molecular weight excluding hydrogens is 260 g/mol. The molecule has 1 fully saturated rings. The van der Waals surface area contributed by atoms with Crippen LogP contribution < -0.4 is 11.1 Å². The van der Waals surface area contributed by atoms with Crippen LogP contribution in [-0.2, 0) is 0 Å². The van der Waals surface area contributed by atoms with Crippen LogP contribution in [0.15, 0.2) is 24.3 Å². The molecule has 19 heavy (non-hydrogen) atoms. The van der Waals surface area contributed by atoms with Crippen LogP contribution in [0.2, 0.25) is 0 Å². The molecule has 0 spiro atoms.